The van der Waals surface area contributed by atoms with Crippen LogP contribution in [0.1, 0.15) is 11.4 Å². The minimum absolute atomic E-state index is 0.133. The smallest absolute Gasteiger partial charge is 0.370 e. The lowest BCUT2D eigenvalue weighted by atomic mass is 10.3. The highest BCUT2D eigenvalue weighted by molar-refractivity contribution is 9.10. The number of hydrogen-bond acceptors (Lipinski definition) is 7. The molecule has 2 aromatic heterocycles. The Morgan fingerprint density at radius 3 is 2.83 bits per heavy atom. The second-order valence-corrected chi connectivity index (χ2v) is 12.0. The van der Waals surface area contributed by atoms with E-state index in [1.807, 2.05) is 40.6 Å². The van der Waals surface area contributed by atoms with Gasteiger partial charge >= 0.3 is 5.97 Å². The second-order valence-electron chi connectivity index (χ2n) is 6.50. The number of hydrogen-bond donors (Lipinski definition) is 2. The number of benzene rings is 1. The van der Waals surface area contributed by atoms with Crippen LogP contribution in [-0.4, -0.2) is 36.3 Å². The number of anilines is 1. The van der Waals surface area contributed by atoms with Gasteiger partial charge in [-0.05, 0) is 36.1 Å². The Morgan fingerprint density at radius 2 is 2.10 bits per heavy atom. The van der Waals surface area contributed by atoms with E-state index in [0.29, 0.717) is 6.54 Å². The van der Waals surface area contributed by atoms with Gasteiger partial charge in [-0.15, -0.1) is 0 Å². The zero-order valence-corrected chi connectivity index (χ0v) is 20.2. The number of thioether (sulfide) groups is 1. The lowest BCUT2D eigenvalue weighted by Gasteiger charge is -2.20. The van der Waals surface area contributed by atoms with Crippen LogP contribution >= 0.6 is 50.4 Å². The molecule has 2 N–H and O–H groups in total. The molecule has 1 aromatic carbocycles. The van der Waals surface area contributed by atoms with Gasteiger partial charge in [-0.3, -0.25) is 4.55 Å². The van der Waals surface area contributed by atoms with Crippen LogP contribution in [0.25, 0.3) is 15.6 Å². The normalized spacial score (nSPS) is 15.3. The predicted molar refractivity (Wildman–Crippen MR) is 124 cm³/mol. The molecule has 0 fully saturated rings. The highest BCUT2D eigenvalue weighted by Crippen LogP contribution is 2.48. The summed E-state index contributed by atoms with van der Waals surface area (Å²) in [5, 5.41) is 13.0. The maximum Gasteiger partial charge on any atom is 0.370 e. The lowest BCUT2D eigenvalue weighted by molar-refractivity contribution is -0.655. The zero-order chi connectivity index (χ0) is 21.5. The third kappa shape index (κ3) is 4.73. The molecule has 0 bridgehead atoms. The molecular weight excluding hydrogens is 532 g/mol. The van der Waals surface area contributed by atoms with Crippen LogP contribution in [0.3, 0.4) is 0 Å². The Morgan fingerprint density at radius 1 is 1.30 bits per heavy atom. The minimum Gasteiger partial charge on any atom is -0.477 e. The Kier molecular flexibility index (Phi) is 6.24. The van der Waals surface area contributed by atoms with Crippen molar-refractivity contribution < 1.29 is 27.4 Å². The van der Waals surface area contributed by atoms with E-state index in [9.17, 15) is 18.3 Å². The number of fused-ring (bicyclic) bond motifs is 2. The number of thiophene rings is 1. The summed E-state index contributed by atoms with van der Waals surface area (Å²) in [6, 6.07) is 7.87. The fourth-order valence-corrected chi connectivity index (χ4v) is 7.39. The molecule has 1 aliphatic heterocycles. The van der Waals surface area contributed by atoms with Gasteiger partial charge in [0.05, 0.1) is 22.5 Å². The summed E-state index contributed by atoms with van der Waals surface area (Å²) in [4.78, 5) is 15.4. The first-order valence-electron chi connectivity index (χ1n) is 8.75. The van der Waals surface area contributed by atoms with Crippen molar-refractivity contribution in [2.75, 3.05) is 17.2 Å². The first kappa shape index (κ1) is 21.8. The van der Waals surface area contributed by atoms with Crippen LogP contribution < -0.4 is 9.47 Å². The van der Waals surface area contributed by atoms with Crippen LogP contribution in [0.5, 0.6) is 0 Å². The maximum atomic E-state index is 11.4. The molecule has 0 saturated heterocycles. The number of carboxylic acids is 1. The lowest BCUT2D eigenvalue weighted by Crippen LogP contribution is -2.38. The Hall–Kier alpha value is -1.44. The Bertz CT molecular complexity index is 1260. The van der Waals surface area contributed by atoms with Crippen molar-refractivity contribution >= 4 is 87.7 Å². The number of aliphatic carboxylic acids is 1. The highest BCUT2D eigenvalue weighted by atomic mass is 79.9. The van der Waals surface area contributed by atoms with Gasteiger partial charge in [0, 0.05) is 15.9 Å². The molecule has 0 saturated carbocycles. The van der Waals surface area contributed by atoms with Gasteiger partial charge in [0.2, 0.25) is 6.54 Å². The van der Waals surface area contributed by atoms with Gasteiger partial charge in [0.1, 0.15) is 4.70 Å². The van der Waals surface area contributed by atoms with Crippen molar-refractivity contribution in [3.8, 4) is 0 Å². The monoisotopic (exact) mass is 547 g/mol. The molecule has 0 amide bonds. The van der Waals surface area contributed by atoms with E-state index >= 15 is 0 Å². The summed E-state index contributed by atoms with van der Waals surface area (Å²) in [5.41, 5.74) is 0.944. The molecule has 0 spiro atoms. The molecule has 1 aliphatic rings. The molecule has 0 atom stereocenters. The Labute approximate surface area is 193 Å². The molecule has 30 heavy (non-hydrogen) atoms. The van der Waals surface area contributed by atoms with Crippen LogP contribution in [-0.2, 0) is 21.5 Å². The molecule has 0 aliphatic carbocycles. The van der Waals surface area contributed by atoms with Gasteiger partial charge in [0.25, 0.3) is 20.0 Å². The van der Waals surface area contributed by atoms with E-state index in [1.54, 1.807) is 16.3 Å². The van der Waals surface area contributed by atoms with E-state index in [4.69, 9.17) is 4.55 Å². The summed E-state index contributed by atoms with van der Waals surface area (Å²) >= 11 is 8.05. The van der Waals surface area contributed by atoms with Gasteiger partial charge in [-0.1, -0.05) is 50.4 Å². The number of aromatic nitrogens is 1. The number of carboxylic acid groups (broad SMARTS) is 1. The number of carbonyl (C=O) groups is 1. The largest absolute Gasteiger partial charge is 0.477 e. The fourth-order valence-electron chi connectivity index (χ4n) is 3.15. The van der Waals surface area contributed by atoms with Crippen LogP contribution in [0.15, 0.2) is 44.0 Å². The van der Waals surface area contributed by atoms with Crippen molar-refractivity contribution in [1.82, 2.24) is 0 Å². The predicted octanol–water partition coefficient (Wildman–Crippen LogP) is 4.29. The van der Waals surface area contributed by atoms with Gasteiger partial charge in [-0.2, -0.15) is 13.0 Å². The molecule has 7 nitrogen and oxygen atoms in total. The van der Waals surface area contributed by atoms with Gasteiger partial charge in [-0.25, -0.2) is 4.79 Å². The summed E-state index contributed by atoms with van der Waals surface area (Å²) in [5.74, 6) is -1.23. The second kappa shape index (κ2) is 8.60. The van der Waals surface area contributed by atoms with Crippen LogP contribution in [0.2, 0.25) is 0 Å². The minimum atomic E-state index is -4.04. The van der Waals surface area contributed by atoms with Crippen molar-refractivity contribution in [3.05, 3.63) is 44.2 Å². The van der Waals surface area contributed by atoms with Crippen molar-refractivity contribution in [3.63, 3.8) is 0 Å². The third-order valence-electron chi connectivity index (χ3n) is 4.35. The van der Waals surface area contributed by atoms with E-state index in [-0.39, 0.29) is 18.7 Å². The molecule has 3 aromatic rings. The van der Waals surface area contributed by atoms with Gasteiger partial charge in [0.15, 0.2) is 0 Å². The van der Waals surface area contributed by atoms with Crippen LogP contribution in [0.4, 0.5) is 5.69 Å². The topological polar surface area (TPSA) is 98.8 Å². The molecular formula is C18H16BrN2O5S4+. The summed E-state index contributed by atoms with van der Waals surface area (Å²) in [7, 11) is -4.04. The molecule has 3 heterocycles. The number of halogens is 1. The summed E-state index contributed by atoms with van der Waals surface area (Å²) in [6.07, 6.45) is 2.21. The number of nitrogens with zero attached hydrogens (tertiary/aromatic N) is 2. The number of thiazole rings is 1. The molecule has 0 radical (unpaired) electrons. The van der Waals surface area contributed by atoms with Crippen LogP contribution in [0, 0.1) is 0 Å². The first-order chi connectivity index (χ1) is 14.2. The number of rotatable bonds is 7. The van der Waals surface area contributed by atoms with Crippen molar-refractivity contribution in [2.24, 2.45) is 0 Å². The average molecular weight is 549 g/mol. The summed E-state index contributed by atoms with van der Waals surface area (Å²) < 4.78 is 35.1. The molecule has 12 heteroatoms. The quantitative estimate of drug-likeness (QED) is 0.336. The molecule has 158 valence electrons. The summed E-state index contributed by atoms with van der Waals surface area (Å²) in [6.45, 7) is 0.270. The zero-order valence-electron chi connectivity index (χ0n) is 15.3. The maximum absolute atomic E-state index is 11.4. The van der Waals surface area contributed by atoms with E-state index in [2.05, 4.69) is 15.9 Å². The highest BCUT2D eigenvalue weighted by Gasteiger charge is 2.29. The molecule has 4 rings (SSSR count). The van der Waals surface area contributed by atoms with Crippen molar-refractivity contribution in [1.29, 1.82) is 0 Å². The SMILES string of the molecule is O=C(O)C[n+]1c(C=C2Sc3ccc(Br)cc3N2CCCS(=O)(=O)O)sc2ccsc21. The fraction of sp³-hybridized carbons (Fsp3) is 0.222. The first-order valence-corrected chi connectivity index (χ1v) is 13.7. The van der Waals surface area contributed by atoms with Crippen molar-refractivity contribution in [2.45, 2.75) is 17.9 Å². The standard InChI is InChI=1S/C18H15BrN2O5S4/c19-11-2-3-13-12(8-11)20(5-1-7-30(24,25)26)15(28-13)9-16-21(10-17(22)23)18-14(29-16)4-6-27-18/h2-4,6,8-9H,1,5,7,10H2,(H-,22,23,24,25,26)/p+1. The average Bonchev–Trinajstić information content (AvgIpc) is 3.30. The Balaban J connectivity index is 1.73. The van der Waals surface area contributed by atoms with E-state index in [0.717, 1.165) is 34.6 Å². The van der Waals surface area contributed by atoms with E-state index in [1.165, 1.54) is 22.7 Å². The molecule has 0 unspecified atom stereocenters. The van der Waals surface area contributed by atoms with E-state index < -0.39 is 16.1 Å². The third-order valence-corrected chi connectivity index (χ3v) is 8.92. The van der Waals surface area contributed by atoms with Gasteiger partial charge < -0.3 is 10.0 Å².